The number of hydrogen-bond acceptors (Lipinski definition) is 8. The van der Waals surface area contributed by atoms with Crippen molar-refractivity contribution in [3.8, 4) is 0 Å². The number of fused-ring (bicyclic) bond motifs is 2. The van der Waals surface area contributed by atoms with Gasteiger partial charge in [-0.25, -0.2) is 0 Å². The normalized spacial score (nSPS) is 39.4. The second-order valence-corrected chi connectivity index (χ2v) is 20.2. The number of hydrogen-bond donors (Lipinski definition) is 3. The van der Waals surface area contributed by atoms with Crippen LogP contribution in [0.2, 0.25) is 0 Å². The summed E-state index contributed by atoms with van der Waals surface area (Å²) < 4.78 is 6.45. The molecule has 3 amide bonds. The highest BCUT2D eigenvalue weighted by atomic mass is 16.7. The number of nitrogens with zero attached hydrogens (tertiary/aromatic N) is 3. The van der Waals surface area contributed by atoms with Crippen LogP contribution in [0.3, 0.4) is 0 Å². The Kier molecular flexibility index (Phi) is 14.6. The molecule has 6 saturated carbocycles. The molecule has 7 rings (SSSR count). The van der Waals surface area contributed by atoms with Crippen LogP contribution < -0.4 is 10.6 Å². The molecule has 1 saturated heterocycles. The number of carbonyl (C=O) groups is 3. The fourth-order valence-electron chi connectivity index (χ4n) is 13.3. The van der Waals surface area contributed by atoms with Crippen molar-refractivity contribution in [1.29, 1.82) is 0 Å². The van der Waals surface area contributed by atoms with E-state index in [0.29, 0.717) is 54.1 Å². The van der Waals surface area contributed by atoms with Crippen molar-refractivity contribution in [3.63, 3.8) is 0 Å². The lowest BCUT2D eigenvalue weighted by Crippen LogP contribution is -2.63. The summed E-state index contributed by atoms with van der Waals surface area (Å²) in [5.41, 5.74) is 0.306. The zero-order chi connectivity index (χ0) is 40.5. The van der Waals surface area contributed by atoms with E-state index in [1.165, 1.54) is 38.5 Å². The quantitative estimate of drug-likeness (QED) is 0.211. The van der Waals surface area contributed by atoms with Crippen LogP contribution in [-0.2, 0) is 24.0 Å². The lowest BCUT2D eigenvalue weighted by molar-refractivity contribution is -0.193. The summed E-state index contributed by atoms with van der Waals surface area (Å²) in [5.74, 6) is 2.63. The Balaban J connectivity index is 1.25. The summed E-state index contributed by atoms with van der Waals surface area (Å²) in [7, 11) is 7.81. The standard InChI is InChI=1S/C45H79N5O6/c1-27-37-23-34(45(37,4)5)24-38(27)47-44(54)41-40(28(2)49(29(3)52)19-18-30-14-11-10-12-15-30)39(26-51)56-50(41)25-31-16-13-17-36(42(31)55-9)32-20-33(43(53)46-6)22-35(21-32)48(7)8/h27-28,30-42,51H,10-26H2,1-9H3,(H,46,53)(H,47,54)/t27-,28-,31?,32?,33?,34+,35?,36?,37-,38-,39-,40-,41-,42?/m0/s1. The number of aliphatic hydroxyl groups is 1. The van der Waals surface area contributed by atoms with Crippen LogP contribution in [-0.4, -0.2) is 122 Å². The second kappa shape index (κ2) is 18.6. The third kappa shape index (κ3) is 9.02. The van der Waals surface area contributed by atoms with Crippen molar-refractivity contribution >= 4 is 17.7 Å². The number of amides is 3. The smallest absolute Gasteiger partial charge is 0.240 e. The van der Waals surface area contributed by atoms with Gasteiger partial charge < -0.3 is 30.3 Å². The van der Waals surface area contributed by atoms with Gasteiger partial charge in [0, 0.05) is 70.0 Å². The van der Waals surface area contributed by atoms with Crippen LogP contribution in [0.1, 0.15) is 125 Å². The minimum absolute atomic E-state index is 0.0129. The number of aliphatic hydroxyl groups excluding tert-OH is 1. The summed E-state index contributed by atoms with van der Waals surface area (Å²) in [6.07, 6.45) is 14.6. The van der Waals surface area contributed by atoms with Gasteiger partial charge in [0.25, 0.3) is 0 Å². The van der Waals surface area contributed by atoms with Gasteiger partial charge in [-0.2, -0.15) is 5.06 Å². The van der Waals surface area contributed by atoms with Crippen LogP contribution in [0.25, 0.3) is 0 Å². The van der Waals surface area contributed by atoms with Gasteiger partial charge in [0.1, 0.15) is 12.1 Å². The molecular formula is C45H79N5O6. The molecular weight excluding hydrogens is 707 g/mol. The Labute approximate surface area is 339 Å². The predicted octanol–water partition coefficient (Wildman–Crippen LogP) is 5.50. The molecule has 6 unspecified atom stereocenters. The van der Waals surface area contributed by atoms with E-state index in [1.54, 1.807) is 14.0 Å². The Bertz CT molecular complexity index is 1340. The molecule has 1 heterocycles. The van der Waals surface area contributed by atoms with Gasteiger partial charge in [0.05, 0.1) is 12.7 Å². The van der Waals surface area contributed by atoms with Gasteiger partial charge in [-0.3, -0.25) is 19.2 Å². The van der Waals surface area contributed by atoms with E-state index in [2.05, 4.69) is 57.3 Å². The van der Waals surface area contributed by atoms with Gasteiger partial charge >= 0.3 is 0 Å². The first-order chi connectivity index (χ1) is 26.7. The zero-order valence-corrected chi connectivity index (χ0v) is 36.5. The van der Waals surface area contributed by atoms with Crippen LogP contribution in [0, 0.1) is 58.7 Å². The molecule has 6 aliphatic carbocycles. The average molecular weight is 786 g/mol. The highest BCUT2D eigenvalue weighted by Gasteiger charge is 2.58. The number of rotatable bonds is 14. The molecule has 11 heteroatoms. The van der Waals surface area contributed by atoms with Crippen molar-refractivity contribution in [1.82, 2.24) is 25.5 Å². The van der Waals surface area contributed by atoms with Crippen molar-refractivity contribution in [2.24, 2.45) is 58.7 Å². The molecule has 3 N–H and O–H groups in total. The fourth-order valence-corrected chi connectivity index (χ4v) is 13.3. The van der Waals surface area contributed by atoms with Crippen LogP contribution >= 0.6 is 0 Å². The minimum Gasteiger partial charge on any atom is -0.394 e. The lowest BCUT2D eigenvalue weighted by Gasteiger charge is -2.62. The number of nitrogens with one attached hydrogen (secondary N) is 2. The van der Waals surface area contributed by atoms with E-state index in [-0.39, 0.29) is 60.3 Å². The first kappa shape index (κ1) is 43.8. The summed E-state index contributed by atoms with van der Waals surface area (Å²) in [5, 5.41) is 19.3. The molecule has 1 aliphatic heterocycles. The van der Waals surface area contributed by atoms with Gasteiger partial charge in [-0.15, -0.1) is 0 Å². The number of methoxy groups -OCH3 is 1. The molecule has 7 aliphatic rings. The minimum atomic E-state index is -0.652. The van der Waals surface area contributed by atoms with Crippen LogP contribution in [0.4, 0.5) is 0 Å². The van der Waals surface area contributed by atoms with Gasteiger partial charge in [-0.1, -0.05) is 59.3 Å². The summed E-state index contributed by atoms with van der Waals surface area (Å²) in [6.45, 7) is 11.7. The largest absolute Gasteiger partial charge is 0.394 e. The third-order valence-electron chi connectivity index (χ3n) is 16.8. The molecule has 7 fully saturated rings. The molecule has 11 nitrogen and oxygen atoms in total. The highest BCUT2D eigenvalue weighted by molar-refractivity contribution is 5.83. The Hall–Kier alpha value is -1.79. The molecule has 0 spiro atoms. The van der Waals surface area contributed by atoms with Gasteiger partial charge in [0.2, 0.25) is 17.7 Å². The Morgan fingerprint density at radius 2 is 1.71 bits per heavy atom. The number of ether oxygens (including phenoxy) is 1. The summed E-state index contributed by atoms with van der Waals surface area (Å²) >= 11 is 0. The van der Waals surface area contributed by atoms with E-state index in [9.17, 15) is 19.5 Å². The van der Waals surface area contributed by atoms with Crippen molar-refractivity contribution in [2.45, 2.75) is 161 Å². The van der Waals surface area contributed by atoms with Gasteiger partial charge in [-0.05, 0) is 113 Å². The molecule has 0 aromatic rings. The number of hydroxylamine groups is 2. The van der Waals surface area contributed by atoms with Gasteiger partial charge in [0.15, 0.2) is 0 Å². The monoisotopic (exact) mass is 786 g/mol. The maximum Gasteiger partial charge on any atom is 0.240 e. The first-order valence-corrected chi connectivity index (χ1v) is 22.7. The van der Waals surface area contributed by atoms with Crippen LogP contribution in [0.5, 0.6) is 0 Å². The van der Waals surface area contributed by atoms with Crippen molar-refractivity contribution in [2.75, 3.05) is 47.9 Å². The van der Waals surface area contributed by atoms with Crippen molar-refractivity contribution in [3.05, 3.63) is 0 Å². The zero-order valence-electron chi connectivity index (χ0n) is 36.5. The van der Waals surface area contributed by atoms with E-state index in [4.69, 9.17) is 9.57 Å². The first-order valence-electron chi connectivity index (χ1n) is 22.7. The maximum absolute atomic E-state index is 15.0. The predicted molar refractivity (Wildman–Crippen MR) is 219 cm³/mol. The molecule has 14 atom stereocenters. The Morgan fingerprint density at radius 1 is 0.982 bits per heavy atom. The third-order valence-corrected chi connectivity index (χ3v) is 16.8. The van der Waals surface area contributed by atoms with E-state index >= 15 is 0 Å². The van der Waals surface area contributed by atoms with E-state index in [1.807, 2.05) is 17.1 Å². The lowest BCUT2D eigenvalue weighted by atomic mass is 9.45. The SMILES string of the molecule is CNC(=O)C1CC(C2CCCC(CN3O[C@@H](CO)[C@H]([C@H](C)N(CCC4CCCCC4)C(C)=O)[C@H]3C(=O)N[C@H]3C[C@H]4C[C@@H]([C@@H]3C)C4(C)C)C2OC)CC(N(C)C)C1. The average Bonchev–Trinajstić information content (AvgIpc) is 3.56. The fraction of sp³-hybridized carbons (Fsp3) is 0.933. The summed E-state index contributed by atoms with van der Waals surface area (Å²) in [6, 6.07) is -0.525. The molecule has 0 aromatic heterocycles. The molecule has 0 radical (unpaired) electrons. The van der Waals surface area contributed by atoms with E-state index < -0.39 is 18.1 Å². The maximum atomic E-state index is 15.0. The second-order valence-electron chi connectivity index (χ2n) is 20.2. The summed E-state index contributed by atoms with van der Waals surface area (Å²) in [4.78, 5) is 52.4. The van der Waals surface area contributed by atoms with Crippen molar-refractivity contribution < 1.29 is 29.1 Å². The molecule has 56 heavy (non-hydrogen) atoms. The Morgan fingerprint density at radius 3 is 2.32 bits per heavy atom. The molecule has 0 aromatic carbocycles. The van der Waals surface area contributed by atoms with E-state index in [0.717, 1.165) is 51.4 Å². The topological polar surface area (TPSA) is 124 Å². The number of carbonyl (C=O) groups excluding carboxylic acids is 3. The van der Waals surface area contributed by atoms with Crippen LogP contribution in [0.15, 0.2) is 0 Å². The molecule has 2 bridgehead atoms. The molecule has 320 valence electrons. The highest BCUT2D eigenvalue weighted by Crippen LogP contribution is 2.61.